The number of likely N-dealkylation sites (N-methyl/N-ethyl adjacent to an activating group) is 1. The summed E-state index contributed by atoms with van der Waals surface area (Å²) in [4.78, 5) is 6.44. The van der Waals surface area contributed by atoms with Crippen LogP contribution >= 0.6 is 0 Å². The summed E-state index contributed by atoms with van der Waals surface area (Å²) in [6, 6.07) is 3.81. The molecule has 0 saturated carbocycles. The summed E-state index contributed by atoms with van der Waals surface area (Å²) in [5.74, 6) is 0.868. The molecule has 0 radical (unpaired) electrons. The summed E-state index contributed by atoms with van der Waals surface area (Å²) < 4.78 is 0. The molecule has 0 aliphatic heterocycles. The molecule has 0 spiro atoms. The lowest BCUT2D eigenvalue weighted by Crippen LogP contribution is -2.39. The van der Waals surface area contributed by atoms with Gasteiger partial charge in [-0.25, -0.2) is 4.98 Å². The molecule has 0 aliphatic carbocycles. The molecule has 4 heteroatoms. The second-order valence-electron chi connectivity index (χ2n) is 5.03. The second-order valence-corrected chi connectivity index (χ2v) is 5.03. The highest BCUT2D eigenvalue weighted by Crippen LogP contribution is 2.23. The predicted octanol–water partition coefficient (Wildman–Crippen LogP) is 1.70. The Labute approximate surface area is 103 Å². The molecule has 1 atom stereocenters. The van der Waals surface area contributed by atoms with E-state index in [9.17, 15) is 5.11 Å². The first kappa shape index (κ1) is 13.9. The fourth-order valence-corrected chi connectivity index (χ4v) is 1.83. The molecular formula is C13H23N3O. The van der Waals surface area contributed by atoms with Crippen molar-refractivity contribution in [2.24, 2.45) is 5.73 Å². The first-order chi connectivity index (χ1) is 7.85. The van der Waals surface area contributed by atoms with Crippen molar-refractivity contribution >= 4 is 5.82 Å². The average molecular weight is 237 g/mol. The number of anilines is 1. The maximum absolute atomic E-state index is 9.91. The van der Waals surface area contributed by atoms with Crippen LogP contribution in [0.25, 0.3) is 0 Å². The Bertz CT molecular complexity index is 358. The molecule has 17 heavy (non-hydrogen) atoms. The smallest absolute Gasteiger partial charge is 0.133 e. The number of hydrogen-bond donors (Lipinski definition) is 2. The minimum absolute atomic E-state index is 0.0606. The monoisotopic (exact) mass is 237 g/mol. The molecule has 3 N–H and O–H groups in total. The van der Waals surface area contributed by atoms with Crippen LogP contribution in [0.4, 0.5) is 5.82 Å². The number of aliphatic hydroxyl groups is 1. The van der Waals surface area contributed by atoms with Gasteiger partial charge in [-0.15, -0.1) is 0 Å². The molecule has 0 bridgehead atoms. The van der Waals surface area contributed by atoms with Gasteiger partial charge in [-0.3, -0.25) is 0 Å². The zero-order valence-electron chi connectivity index (χ0n) is 11.1. The summed E-state index contributed by atoms with van der Waals surface area (Å²) in [5.41, 5.74) is 6.21. The number of aromatic nitrogens is 1. The minimum Gasteiger partial charge on any atom is -0.389 e. The summed E-state index contributed by atoms with van der Waals surface area (Å²) in [5, 5.41) is 9.91. The van der Waals surface area contributed by atoms with Crippen LogP contribution in [0.15, 0.2) is 18.3 Å². The molecule has 0 aromatic carbocycles. The molecule has 1 aromatic heterocycles. The topological polar surface area (TPSA) is 62.4 Å². The van der Waals surface area contributed by atoms with Gasteiger partial charge in [-0.05, 0) is 33.8 Å². The fourth-order valence-electron chi connectivity index (χ4n) is 1.83. The number of hydrogen-bond acceptors (Lipinski definition) is 4. The minimum atomic E-state index is -0.747. The van der Waals surface area contributed by atoms with Crippen molar-refractivity contribution in [1.82, 2.24) is 4.98 Å². The molecular weight excluding hydrogens is 214 g/mol. The molecule has 0 saturated heterocycles. The third-order valence-electron chi connectivity index (χ3n) is 2.57. The third-order valence-corrected chi connectivity index (χ3v) is 2.57. The van der Waals surface area contributed by atoms with E-state index in [0.717, 1.165) is 17.9 Å². The van der Waals surface area contributed by atoms with E-state index in [-0.39, 0.29) is 6.04 Å². The van der Waals surface area contributed by atoms with E-state index < -0.39 is 5.60 Å². The van der Waals surface area contributed by atoms with E-state index in [2.05, 4.69) is 9.88 Å². The van der Waals surface area contributed by atoms with Gasteiger partial charge in [0.15, 0.2) is 0 Å². The molecule has 1 aromatic rings. The number of pyridine rings is 1. The molecule has 0 aliphatic rings. The van der Waals surface area contributed by atoms with Crippen molar-refractivity contribution in [1.29, 1.82) is 0 Å². The molecule has 1 unspecified atom stereocenters. The Balaban J connectivity index is 3.03. The van der Waals surface area contributed by atoms with Gasteiger partial charge in [0, 0.05) is 30.9 Å². The summed E-state index contributed by atoms with van der Waals surface area (Å²) >= 11 is 0. The second kappa shape index (κ2) is 5.47. The van der Waals surface area contributed by atoms with Gasteiger partial charge in [0.05, 0.1) is 5.60 Å². The maximum Gasteiger partial charge on any atom is 0.133 e. The number of rotatable bonds is 5. The van der Waals surface area contributed by atoms with Gasteiger partial charge < -0.3 is 15.7 Å². The van der Waals surface area contributed by atoms with Crippen LogP contribution in [0.3, 0.4) is 0 Å². The van der Waals surface area contributed by atoms with Crippen molar-refractivity contribution in [2.45, 2.75) is 39.3 Å². The van der Waals surface area contributed by atoms with Crippen LogP contribution in [0.2, 0.25) is 0 Å². The Morgan fingerprint density at radius 3 is 2.65 bits per heavy atom. The highest BCUT2D eigenvalue weighted by atomic mass is 16.3. The van der Waals surface area contributed by atoms with Crippen molar-refractivity contribution in [2.75, 3.05) is 18.0 Å². The van der Waals surface area contributed by atoms with E-state index in [1.807, 2.05) is 26.0 Å². The Kier molecular flexibility index (Phi) is 4.48. The Hall–Kier alpha value is -1.13. The highest BCUT2D eigenvalue weighted by Gasteiger charge is 2.21. The molecule has 1 rings (SSSR count). The SMILES string of the molecule is CCN(CC(C)(C)O)c1ncccc1C(C)N. The number of nitrogens with two attached hydrogens (primary N) is 1. The molecule has 0 amide bonds. The lowest BCUT2D eigenvalue weighted by molar-refractivity contribution is 0.0873. The standard InChI is InChI=1S/C13H23N3O/c1-5-16(9-13(3,4)17)12-11(10(2)14)7-6-8-15-12/h6-8,10,17H,5,9,14H2,1-4H3. The van der Waals surface area contributed by atoms with Crippen LogP contribution in [-0.4, -0.2) is 28.8 Å². The summed E-state index contributed by atoms with van der Waals surface area (Å²) in [7, 11) is 0. The zero-order chi connectivity index (χ0) is 13.1. The van der Waals surface area contributed by atoms with E-state index in [4.69, 9.17) is 5.73 Å². The highest BCUT2D eigenvalue weighted by molar-refractivity contribution is 5.48. The molecule has 0 fully saturated rings. The third kappa shape index (κ3) is 3.98. The Morgan fingerprint density at radius 2 is 2.18 bits per heavy atom. The average Bonchev–Trinajstić information content (AvgIpc) is 2.24. The van der Waals surface area contributed by atoms with Crippen molar-refractivity contribution < 1.29 is 5.11 Å². The van der Waals surface area contributed by atoms with Crippen LogP contribution in [0.5, 0.6) is 0 Å². The van der Waals surface area contributed by atoms with E-state index >= 15 is 0 Å². The van der Waals surface area contributed by atoms with Gasteiger partial charge in [0.1, 0.15) is 5.82 Å². The van der Waals surface area contributed by atoms with Crippen LogP contribution < -0.4 is 10.6 Å². The lowest BCUT2D eigenvalue weighted by atomic mass is 10.1. The van der Waals surface area contributed by atoms with Gasteiger partial charge in [-0.1, -0.05) is 6.07 Å². The number of nitrogens with zero attached hydrogens (tertiary/aromatic N) is 2. The van der Waals surface area contributed by atoms with Gasteiger partial charge in [0.25, 0.3) is 0 Å². The first-order valence-electron chi connectivity index (χ1n) is 6.03. The van der Waals surface area contributed by atoms with Gasteiger partial charge >= 0.3 is 0 Å². The van der Waals surface area contributed by atoms with Crippen LogP contribution in [0.1, 0.15) is 39.3 Å². The zero-order valence-corrected chi connectivity index (χ0v) is 11.1. The normalized spacial score (nSPS) is 13.5. The van der Waals surface area contributed by atoms with E-state index in [1.54, 1.807) is 20.0 Å². The van der Waals surface area contributed by atoms with Crippen molar-refractivity contribution in [3.05, 3.63) is 23.9 Å². The lowest BCUT2D eigenvalue weighted by Gasteiger charge is -2.30. The molecule has 1 heterocycles. The largest absolute Gasteiger partial charge is 0.389 e. The Morgan fingerprint density at radius 1 is 1.53 bits per heavy atom. The molecule has 4 nitrogen and oxygen atoms in total. The first-order valence-corrected chi connectivity index (χ1v) is 6.03. The van der Waals surface area contributed by atoms with Crippen LogP contribution in [-0.2, 0) is 0 Å². The predicted molar refractivity (Wildman–Crippen MR) is 71.0 cm³/mol. The summed E-state index contributed by atoms with van der Waals surface area (Å²) in [6.45, 7) is 8.92. The maximum atomic E-state index is 9.91. The van der Waals surface area contributed by atoms with Crippen LogP contribution in [0, 0.1) is 0 Å². The van der Waals surface area contributed by atoms with E-state index in [1.165, 1.54) is 0 Å². The summed E-state index contributed by atoms with van der Waals surface area (Å²) in [6.07, 6.45) is 1.76. The van der Waals surface area contributed by atoms with Crippen molar-refractivity contribution in [3.63, 3.8) is 0 Å². The van der Waals surface area contributed by atoms with Gasteiger partial charge in [-0.2, -0.15) is 0 Å². The molecule has 96 valence electrons. The quantitative estimate of drug-likeness (QED) is 0.818. The van der Waals surface area contributed by atoms with Gasteiger partial charge in [0.2, 0.25) is 0 Å². The fraction of sp³-hybridized carbons (Fsp3) is 0.615. The van der Waals surface area contributed by atoms with E-state index in [0.29, 0.717) is 6.54 Å². The van der Waals surface area contributed by atoms with Crippen molar-refractivity contribution in [3.8, 4) is 0 Å².